The number of nitrogens with zero attached hydrogens (tertiary/aromatic N) is 5. The molecular weight excluding hydrogens is 348 g/mol. The topological polar surface area (TPSA) is 84.5 Å². The summed E-state index contributed by atoms with van der Waals surface area (Å²) >= 11 is 1.48. The number of carbonyl (C=O) groups excluding carboxylic acids is 1. The SMILES string of the molecule is O=C(N/N=C\c1ccccc1)c1nnn2c1SCC(c1ccccc1)=N2. The van der Waals surface area contributed by atoms with Crippen LogP contribution in [0.2, 0.25) is 0 Å². The van der Waals surface area contributed by atoms with Crippen LogP contribution in [0.1, 0.15) is 21.6 Å². The highest BCUT2D eigenvalue weighted by Crippen LogP contribution is 2.26. The van der Waals surface area contributed by atoms with Crippen LogP contribution in [0.5, 0.6) is 0 Å². The average molecular weight is 362 g/mol. The van der Waals surface area contributed by atoms with Gasteiger partial charge in [0.15, 0.2) is 10.7 Å². The van der Waals surface area contributed by atoms with Gasteiger partial charge in [0.25, 0.3) is 5.91 Å². The first kappa shape index (κ1) is 16.2. The zero-order chi connectivity index (χ0) is 17.8. The zero-order valence-corrected chi connectivity index (χ0v) is 14.4. The van der Waals surface area contributed by atoms with Gasteiger partial charge in [0, 0.05) is 5.75 Å². The highest BCUT2D eigenvalue weighted by Gasteiger charge is 2.24. The van der Waals surface area contributed by atoms with E-state index in [1.165, 1.54) is 16.6 Å². The molecule has 4 rings (SSSR count). The monoisotopic (exact) mass is 362 g/mol. The van der Waals surface area contributed by atoms with Crippen molar-refractivity contribution in [2.45, 2.75) is 5.03 Å². The Morgan fingerprint density at radius 2 is 1.85 bits per heavy atom. The second-order valence-electron chi connectivity index (χ2n) is 5.44. The van der Waals surface area contributed by atoms with Crippen molar-refractivity contribution in [3.63, 3.8) is 0 Å². The van der Waals surface area contributed by atoms with Crippen LogP contribution < -0.4 is 5.43 Å². The molecule has 128 valence electrons. The Balaban J connectivity index is 1.50. The molecular formula is C18H14N6OS. The predicted octanol–water partition coefficient (Wildman–Crippen LogP) is 2.40. The van der Waals surface area contributed by atoms with Crippen molar-refractivity contribution in [3.8, 4) is 0 Å². The normalized spacial score (nSPS) is 13.3. The number of carbonyl (C=O) groups is 1. The van der Waals surface area contributed by atoms with E-state index in [2.05, 4.69) is 25.9 Å². The second kappa shape index (κ2) is 7.32. The molecule has 0 spiro atoms. The number of aromatic nitrogens is 3. The van der Waals surface area contributed by atoms with Crippen molar-refractivity contribution in [2.75, 3.05) is 5.75 Å². The molecule has 0 saturated carbocycles. The van der Waals surface area contributed by atoms with Gasteiger partial charge in [-0.2, -0.15) is 10.2 Å². The van der Waals surface area contributed by atoms with E-state index in [4.69, 9.17) is 0 Å². The molecule has 26 heavy (non-hydrogen) atoms. The lowest BCUT2D eigenvalue weighted by molar-refractivity contribution is 0.0947. The Bertz CT molecular complexity index is 981. The maximum atomic E-state index is 12.3. The summed E-state index contributed by atoms with van der Waals surface area (Å²) < 4.78 is 0. The fourth-order valence-corrected chi connectivity index (χ4v) is 3.37. The average Bonchev–Trinajstić information content (AvgIpc) is 3.13. The van der Waals surface area contributed by atoms with Crippen LogP contribution in [0.15, 0.2) is 75.9 Å². The molecule has 2 aromatic carbocycles. The number of amides is 1. The number of rotatable bonds is 4. The molecule has 1 amide bonds. The minimum absolute atomic E-state index is 0.219. The van der Waals surface area contributed by atoms with Crippen molar-refractivity contribution < 1.29 is 4.79 Å². The van der Waals surface area contributed by atoms with Crippen LogP contribution in [0.3, 0.4) is 0 Å². The first-order valence-electron chi connectivity index (χ1n) is 7.91. The van der Waals surface area contributed by atoms with Crippen LogP contribution in [0.25, 0.3) is 0 Å². The minimum atomic E-state index is -0.413. The highest BCUT2D eigenvalue weighted by molar-refractivity contribution is 8.00. The van der Waals surface area contributed by atoms with Gasteiger partial charge in [0.2, 0.25) is 0 Å². The van der Waals surface area contributed by atoms with E-state index in [-0.39, 0.29) is 5.69 Å². The van der Waals surface area contributed by atoms with E-state index in [0.717, 1.165) is 16.8 Å². The van der Waals surface area contributed by atoms with Gasteiger partial charge >= 0.3 is 0 Å². The second-order valence-corrected chi connectivity index (χ2v) is 6.41. The quantitative estimate of drug-likeness (QED) is 0.570. The van der Waals surface area contributed by atoms with E-state index in [1.54, 1.807) is 6.21 Å². The zero-order valence-electron chi connectivity index (χ0n) is 13.6. The molecule has 7 nitrogen and oxygen atoms in total. The molecule has 1 aromatic heterocycles. The maximum Gasteiger partial charge on any atom is 0.294 e. The number of thioether (sulfide) groups is 1. The molecule has 1 aliphatic rings. The minimum Gasteiger partial charge on any atom is -0.265 e. The number of hydrazone groups is 1. The lowest BCUT2D eigenvalue weighted by Gasteiger charge is -2.12. The van der Waals surface area contributed by atoms with Crippen LogP contribution in [0.4, 0.5) is 0 Å². The van der Waals surface area contributed by atoms with Gasteiger partial charge in [0.05, 0.1) is 11.9 Å². The molecule has 0 fully saturated rings. The smallest absolute Gasteiger partial charge is 0.265 e. The Labute approximate surface area is 153 Å². The van der Waals surface area contributed by atoms with Crippen LogP contribution in [-0.4, -0.2) is 38.7 Å². The van der Waals surface area contributed by atoms with Crippen molar-refractivity contribution in [1.29, 1.82) is 0 Å². The van der Waals surface area contributed by atoms with Gasteiger partial charge < -0.3 is 0 Å². The molecule has 1 aliphatic heterocycles. The third-order valence-corrected chi connectivity index (χ3v) is 4.72. The van der Waals surface area contributed by atoms with Gasteiger partial charge in [0.1, 0.15) is 0 Å². The number of hydrogen-bond donors (Lipinski definition) is 1. The first-order valence-corrected chi connectivity index (χ1v) is 8.90. The Kier molecular flexibility index (Phi) is 4.57. The summed E-state index contributed by atoms with van der Waals surface area (Å²) in [5.74, 6) is 0.231. The summed E-state index contributed by atoms with van der Waals surface area (Å²) in [6.07, 6.45) is 1.58. The van der Waals surface area contributed by atoms with Crippen molar-refractivity contribution in [2.24, 2.45) is 10.2 Å². The molecule has 0 atom stereocenters. The van der Waals surface area contributed by atoms with Crippen molar-refractivity contribution >= 4 is 29.6 Å². The molecule has 0 radical (unpaired) electrons. The molecule has 2 heterocycles. The third-order valence-electron chi connectivity index (χ3n) is 3.68. The maximum absolute atomic E-state index is 12.3. The summed E-state index contributed by atoms with van der Waals surface area (Å²) in [6, 6.07) is 19.4. The van der Waals surface area contributed by atoms with Gasteiger partial charge in [-0.3, -0.25) is 4.79 Å². The van der Waals surface area contributed by atoms with E-state index in [1.807, 2.05) is 60.7 Å². The summed E-state index contributed by atoms with van der Waals surface area (Å²) in [7, 11) is 0. The standard InChI is InChI=1S/C18H14N6OS/c25-17(21-19-11-13-7-3-1-4-8-13)16-18-24(23-20-16)22-15(12-26-18)14-9-5-2-6-10-14/h1-11H,12H2,(H,21,25)/b19-11-. The lowest BCUT2D eigenvalue weighted by atomic mass is 10.1. The first-order chi connectivity index (χ1) is 12.8. The van der Waals surface area contributed by atoms with Gasteiger partial charge in [-0.15, -0.1) is 9.89 Å². The van der Waals surface area contributed by atoms with E-state index >= 15 is 0 Å². The Morgan fingerprint density at radius 1 is 1.12 bits per heavy atom. The van der Waals surface area contributed by atoms with Crippen LogP contribution >= 0.6 is 11.8 Å². The molecule has 1 N–H and O–H groups in total. The predicted molar refractivity (Wildman–Crippen MR) is 101 cm³/mol. The van der Waals surface area contributed by atoms with Gasteiger partial charge in [-0.25, -0.2) is 5.43 Å². The molecule has 0 bridgehead atoms. The molecule has 0 saturated heterocycles. The molecule has 8 heteroatoms. The molecule has 0 aliphatic carbocycles. The van der Waals surface area contributed by atoms with Gasteiger partial charge in [-0.1, -0.05) is 72.4 Å². The fourth-order valence-electron chi connectivity index (χ4n) is 2.41. The summed E-state index contributed by atoms with van der Waals surface area (Å²) in [4.78, 5) is 13.7. The van der Waals surface area contributed by atoms with E-state index in [9.17, 15) is 4.79 Å². The third kappa shape index (κ3) is 3.40. The summed E-state index contributed by atoms with van der Waals surface area (Å²) in [5.41, 5.74) is 5.51. The van der Waals surface area contributed by atoms with Crippen LogP contribution in [-0.2, 0) is 0 Å². The van der Waals surface area contributed by atoms with Crippen molar-refractivity contribution in [1.82, 2.24) is 20.5 Å². The van der Waals surface area contributed by atoms with Gasteiger partial charge in [-0.05, 0) is 16.3 Å². The van der Waals surface area contributed by atoms with Crippen molar-refractivity contribution in [3.05, 3.63) is 77.5 Å². The number of hydrogen-bond acceptors (Lipinski definition) is 6. The Morgan fingerprint density at radius 3 is 2.62 bits per heavy atom. The molecule has 3 aromatic rings. The summed E-state index contributed by atoms with van der Waals surface area (Å²) in [6.45, 7) is 0. The number of benzene rings is 2. The van der Waals surface area contributed by atoms with E-state index in [0.29, 0.717) is 10.8 Å². The fraction of sp³-hybridized carbons (Fsp3) is 0.0556. The number of nitrogens with one attached hydrogen (secondary N) is 1. The molecule has 0 unspecified atom stereocenters. The Hall–Kier alpha value is -3.26. The largest absolute Gasteiger partial charge is 0.294 e. The lowest BCUT2D eigenvalue weighted by Crippen LogP contribution is -2.20. The highest BCUT2D eigenvalue weighted by atomic mass is 32.2. The summed E-state index contributed by atoms with van der Waals surface area (Å²) in [5, 5.41) is 17.0. The van der Waals surface area contributed by atoms with Crippen LogP contribution in [0, 0.1) is 0 Å². The van der Waals surface area contributed by atoms with E-state index < -0.39 is 5.91 Å². The number of fused-ring (bicyclic) bond motifs is 1.